The molecule has 16 heavy (non-hydrogen) atoms. The fourth-order valence-corrected chi connectivity index (χ4v) is 1.32. The number of hydrogen-bond acceptors (Lipinski definition) is 3. The highest BCUT2D eigenvalue weighted by molar-refractivity contribution is 5.84. The maximum atomic E-state index is 12.5. The van der Waals surface area contributed by atoms with Crippen molar-refractivity contribution >= 4 is 6.29 Å². The number of carbonyl (C=O) groups excluding carboxylic acids is 1. The van der Waals surface area contributed by atoms with Gasteiger partial charge < -0.3 is 9.47 Å². The van der Waals surface area contributed by atoms with Gasteiger partial charge in [0.15, 0.2) is 17.8 Å². The normalized spacial score (nSPS) is 11.1. The number of methoxy groups -OCH3 is 2. The second-order valence-corrected chi connectivity index (χ2v) is 2.88. The van der Waals surface area contributed by atoms with Crippen LogP contribution in [0.3, 0.4) is 0 Å². The summed E-state index contributed by atoms with van der Waals surface area (Å²) in [6, 6.07) is 1.89. The summed E-state index contributed by atoms with van der Waals surface area (Å²) in [5.41, 5.74) is -1.60. The van der Waals surface area contributed by atoms with E-state index >= 15 is 0 Å². The van der Waals surface area contributed by atoms with Crippen LogP contribution in [0.15, 0.2) is 12.1 Å². The molecule has 1 aromatic rings. The molecule has 0 aliphatic heterocycles. The molecule has 0 spiro atoms. The monoisotopic (exact) mass is 234 g/mol. The van der Waals surface area contributed by atoms with Gasteiger partial charge in [-0.25, -0.2) is 0 Å². The first-order chi connectivity index (χ1) is 7.45. The molecule has 0 fully saturated rings. The minimum Gasteiger partial charge on any atom is -0.493 e. The zero-order chi connectivity index (χ0) is 12.3. The Morgan fingerprint density at radius 2 is 1.81 bits per heavy atom. The van der Waals surface area contributed by atoms with Gasteiger partial charge in [-0.3, -0.25) is 4.79 Å². The average Bonchev–Trinajstić information content (AvgIpc) is 2.25. The lowest BCUT2D eigenvalue weighted by molar-refractivity contribution is -0.137. The first-order valence-electron chi connectivity index (χ1n) is 4.23. The zero-order valence-electron chi connectivity index (χ0n) is 8.59. The van der Waals surface area contributed by atoms with E-state index in [1.165, 1.54) is 14.2 Å². The van der Waals surface area contributed by atoms with Crippen molar-refractivity contribution in [1.82, 2.24) is 0 Å². The minimum atomic E-state index is -4.60. The smallest absolute Gasteiger partial charge is 0.417 e. The van der Waals surface area contributed by atoms with Crippen LogP contribution in [-0.4, -0.2) is 20.5 Å². The molecule has 3 nitrogen and oxygen atoms in total. The van der Waals surface area contributed by atoms with Crippen molar-refractivity contribution < 1.29 is 27.4 Å². The number of aldehydes is 1. The fraction of sp³-hybridized carbons (Fsp3) is 0.300. The van der Waals surface area contributed by atoms with Crippen molar-refractivity contribution in [3.05, 3.63) is 23.3 Å². The standard InChI is InChI=1S/C10H9F3O3/c1-15-8-4-3-7(10(11,12)13)6(5-14)9(8)16-2/h3-5H,1-2H3. The van der Waals surface area contributed by atoms with Crippen LogP contribution in [0.4, 0.5) is 13.2 Å². The molecule has 88 valence electrons. The number of alkyl halides is 3. The second kappa shape index (κ2) is 4.42. The van der Waals surface area contributed by atoms with Crippen molar-refractivity contribution in [2.75, 3.05) is 14.2 Å². The summed E-state index contributed by atoms with van der Waals surface area (Å²) in [5, 5.41) is 0. The number of benzene rings is 1. The van der Waals surface area contributed by atoms with Crippen LogP contribution in [0.5, 0.6) is 11.5 Å². The maximum Gasteiger partial charge on any atom is 0.417 e. The van der Waals surface area contributed by atoms with Crippen molar-refractivity contribution in [3.63, 3.8) is 0 Å². The number of halogens is 3. The van der Waals surface area contributed by atoms with Crippen molar-refractivity contribution in [1.29, 1.82) is 0 Å². The van der Waals surface area contributed by atoms with Gasteiger partial charge in [0, 0.05) is 0 Å². The highest BCUT2D eigenvalue weighted by Crippen LogP contribution is 2.39. The molecule has 0 unspecified atom stereocenters. The van der Waals surface area contributed by atoms with Gasteiger partial charge in [-0.2, -0.15) is 13.2 Å². The molecule has 0 aromatic heterocycles. The number of carbonyl (C=O) groups is 1. The Morgan fingerprint density at radius 1 is 1.19 bits per heavy atom. The highest BCUT2D eigenvalue weighted by atomic mass is 19.4. The van der Waals surface area contributed by atoms with E-state index in [1.807, 2.05) is 0 Å². The molecule has 0 bridgehead atoms. The van der Waals surface area contributed by atoms with Gasteiger partial charge in [-0.1, -0.05) is 0 Å². The van der Waals surface area contributed by atoms with Gasteiger partial charge in [0.25, 0.3) is 0 Å². The van der Waals surface area contributed by atoms with Crippen molar-refractivity contribution in [2.45, 2.75) is 6.18 Å². The van der Waals surface area contributed by atoms with Crippen LogP contribution in [0.25, 0.3) is 0 Å². The Bertz CT molecular complexity index is 399. The molecule has 1 aromatic carbocycles. The van der Waals surface area contributed by atoms with Crippen molar-refractivity contribution in [3.8, 4) is 11.5 Å². The Labute approximate surface area is 89.8 Å². The molecule has 0 saturated carbocycles. The van der Waals surface area contributed by atoms with Crippen molar-refractivity contribution in [2.24, 2.45) is 0 Å². The molecule has 0 atom stereocenters. The topological polar surface area (TPSA) is 35.5 Å². The van der Waals surface area contributed by atoms with E-state index in [0.717, 1.165) is 12.1 Å². The van der Waals surface area contributed by atoms with Gasteiger partial charge in [-0.05, 0) is 12.1 Å². The summed E-state index contributed by atoms with van der Waals surface area (Å²) in [6.07, 6.45) is -4.50. The summed E-state index contributed by atoms with van der Waals surface area (Å²) < 4.78 is 47.1. The van der Waals surface area contributed by atoms with Crippen LogP contribution in [0.2, 0.25) is 0 Å². The van der Waals surface area contributed by atoms with Crippen LogP contribution in [0.1, 0.15) is 15.9 Å². The number of hydrogen-bond donors (Lipinski definition) is 0. The van der Waals surface area contributed by atoms with Crippen LogP contribution < -0.4 is 9.47 Å². The molecule has 0 amide bonds. The predicted molar refractivity (Wildman–Crippen MR) is 49.9 cm³/mol. The van der Waals surface area contributed by atoms with Gasteiger partial charge in [0.2, 0.25) is 0 Å². The van der Waals surface area contributed by atoms with Crippen LogP contribution in [-0.2, 0) is 6.18 Å². The van der Waals surface area contributed by atoms with E-state index in [-0.39, 0.29) is 17.8 Å². The predicted octanol–water partition coefficient (Wildman–Crippen LogP) is 2.54. The zero-order valence-corrected chi connectivity index (χ0v) is 8.59. The lowest BCUT2D eigenvalue weighted by Gasteiger charge is -2.14. The van der Waals surface area contributed by atoms with E-state index in [2.05, 4.69) is 0 Å². The first-order valence-corrected chi connectivity index (χ1v) is 4.23. The molecule has 1 rings (SSSR count). The Kier molecular flexibility index (Phi) is 3.41. The highest BCUT2D eigenvalue weighted by Gasteiger charge is 2.35. The van der Waals surface area contributed by atoms with Gasteiger partial charge in [0.05, 0.1) is 25.3 Å². The maximum absolute atomic E-state index is 12.5. The SMILES string of the molecule is COc1ccc(C(F)(F)F)c(C=O)c1OC. The van der Waals surface area contributed by atoms with Crippen LogP contribution in [0, 0.1) is 0 Å². The second-order valence-electron chi connectivity index (χ2n) is 2.88. The average molecular weight is 234 g/mol. The van der Waals surface area contributed by atoms with Gasteiger partial charge in [0.1, 0.15) is 0 Å². The van der Waals surface area contributed by atoms with E-state index in [0.29, 0.717) is 0 Å². The first kappa shape index (κ1) is 12.4. The fourth-order valence-electron chi connectivity index (χ4n) is 1.32. The number of ether oxygens (including phenoxy) is 2. The Balaban J connectivity index is 3.49. The van der Waals surface area contributed by atoms with E-state index < -0.39 is 17.3 Å². The lowest BCUT2D eigenvalue weighted by atomic mass is 10.1. The molecule has 0 saturated heterocycles. The summed E-state index contributed by atoms with van der Waals surface area (Å²) in [6.45, 7) is 0. The number of rotatable bonds is 3. The molecular formula is C10H9F3O3. The van der Waals surface area contributed by atoms with Gasteiger partial charge >= 0.3 is 6.18 Å². The quantitative estimate of drug-likeness (QED) is 0.754. The molecule has 0 aliphatic carbocycles. The Hall–Kier alpha value is -1.72. The van der Waals surface area contributed by atoms with E-state index in [4.69, 9.17) is 9.47 Å². The van der Waals surface area contributed by atoms with E-state index in [9.17, 15) is 18.0 Å². The summed E-state index contributed by atoms with van der Waals surface area (Å²) in [4.78, 5) is 10.7. The molecule has 0 radical (unpaired) electrons. The molecule has 0 aliphatic rings. The third-order valence-electron chi connectivity index (χ3n) is 2.01. The molecule has 0 N–H and O–H groups in total. The summed E-state index contributed by atoms with van der Waals surface area (Å²) >= 11 is 0. The van der Waals surface area contributed by atoms with Crippen LogP contribution >= 0.6 is 0 Å². The molecular weight excluding hydrogens is 225 g/mol. The Morgan fingerprint density at radius 3 is 2.19 bits per heavy atom. The lowest BCUT2D eigenvalue weighted by Crippen LogP contribution is -2.10. The minimum absolute atomic E-state index is 0.0811. The van der Waals surface area contributed by atoms with E-state index in [1.54, 1.807) is 0 Å². The molecule has 0 heterocycles. The third-order valence-corrected chi connectivity index (χ3v) is 2.01. The third kappa shape index (κ3) is 2.10. The molecule has 6 heteroatoms. The van der Waals surface area contributed by atoms with Gasteiger partial charge in [-0.15, -0.1) is 0 Å². The summed E-state index contributed by atoms with van der Waals surface area (Å²) in [5.74, 6) is -0.134. The largest absolute Gasteiger partial charge is 0.493 e. The summed E-state index contributed by atoms with van der Waals surface area (Å²) in [7, 11) is 2.45.